The van der Waals surface area contributed by atoms with Crippen LogP contribution in [0.4, 0.5) is 5.82 Å². The summed E-state index contributed by atoms with van der Waals surface area (Å²) in [5, 5.41) is 4.10. The minimum atomic E-state index is -0.0672. The first-order chi connectivity index (χ1) is 13.5. The molecule has 3 aromatic rings. The molecule has 1 fully saturated rings. The molecule has 1 atom stereocenters. The lowest BCUT2D eigenvalue weighted by Gasteiger charge is -2.28. The van der Waals surface area contributed by atoms with E-state index >= 15 is 0 Å². The highest BCUT2D eigenvalue weighted by atomic mass is 32.1. The molecule has 0 aliphatic carbocycles. The van der Waals surface area contributed by atoms with Crippen molar-refractivity contribution in [3.8, 4) is 0 Å². The zero-order chi connectivity index (χ0) is 19.7. The van der Waals surface area contributed by atoms with Crippen LogP contribution < -0.4 is 10.2 Å². The molecule has 1 saturated heterocycles. The summed E-state index contributed by atoms with van der Waals surface area (Å²) in [6.07, 6.45) is 0. The predicted octanol–water partition coefficient (Wildman–Crippen LogP) is 3.64. The smallest absolute Gasteiger partial charge is 0.262 e. The third kappa shape index (κ3) is 3.59. The summed E-state index contributed by atoms with van der Waals surface area (Å²) >= 11 is 1.44. The number of nitrogens with zero attached hydrogens (tertiary/aromatic N) is 3. The number of carbonyl (C=O) groups is 1. The third-order valence-corrected chi connectivity index (χ3v) is 6.23. The van der Waals surface area contributed by atoms with Crippen molar-refractivity contribution in [2.24, 2.45) is 0 Å². The van der Waals surface area contributed by atoms with Crippen LogP contribution in [0.3, 0.4) is 0 Å². The summed E-state index contributed by atoms with van der Waals surface area (Å²) in [5.74, 6) is 1.57. The topological polar surface area (TPSA) is 67.4 Å². The second kappa shape index (κ2) is 7.85. The van der Waals surface area contributed by atoms with Gasteiger partial charge in [-0.1, -0.05) is 30.3 Å². The Morgan fingerprint density at radius 1 is 1.18 bits per heavy atom. The van der Waals surface area contributed by atoms with E-state index in [0.717, 1.165) is 46.1 Å². The van der Waals surface area contributed by atoms with E-state index in [4.69, 9.17) is 9.72 Å². The highest BCUT2D eigenvalue weighted by molar-refractivity contribution is 7.20. The maximum atomic E-state index is 13.0. The van der Waals surface area contributed by atoms with E-state index in [-0.39, 0.29) is 11.9 Å². The molecule has 0 bridgehead atoms. The Labute approximate surface area is 168 Å². The molecule has 1 N–H and O–H groups in total. The molecule has 1 aromatic carbocycles. The van der Waals surface area contributed by atoms with Gasteiger partial charge in [-0.15, -0.1) is 11.3 Å². The number of fused-ring (bicyclic) bond motifs is 1. The van der Waals surface area contributed by atoms with Crippen LogP contribution in [0.15, 0.2) is 30.3 Å². The highest BCUT2D eigenvalue weighted by Crippen LogP contribution is 2.36. The normalized spacial score (nSPS) is 15.6. The standard InChI is InChI=1S/C21H24N4O2S/c1-13-17-19(25-9-11-27-12-10-25)23-15(3)24-21(17)28-18(13)20(26)22-14(2)16-7-5-4-6-8-16/h4-8,14H,9-12H2,1-3H3,(H,22,26)/t14-/m1/s1. The molecule has 28 heavy (non-hydrogen) atoms. The summed E-state index contributed by atoms with van der Waals surface area (Å²) in [7, 11) is 0. The number of aryl methyl sites for hydroxylation is 2. The van der Waals surface area contributed by atoms with Crippen molar-refractivity contribution >= 4 is 33.3 Å². The van der Waals surface area contributed by atoms with Crippen molar-refractivity contribution in [3.63, 3.8) is 0 Å². The average Bonchev–Trinajstić information content (AvgIpc) is 3.05. The number of thiophene rings is 1. The van der Waals surface area contributed by atoms with Crippen molar-refractivity contribution in [2.45, 2.75) is 26.8 Å². The highest BCUT2D eigenvalue weighted by Gasteiger charge is 2.24. The zero-order valence-corrected chi connectivity index (χ0v) is 17.2. The molecule has 3 heterocycles. The summed E-state index contributed by atoms with van der Waals surface area (Å²) in [5.41, 5.74) is 2.03. The number of hydrogen-bond acceptors (Lipinski definition) is 6. The molecular formula is C21H24N4O2S. The van der Waals surface area contributed by atoms with Crippen molar-refractivity contribution in [2.75, 3.05) is 31.2 Å². The van der Waals surface area contributed by atoms with Crippen LogP contribution in [0.2, 0.25) is 0 Å². The number of amides is 1. The Hall–Kier alpha value is -2.51. The van der Waals surface area contributed by atoms with E-state index < -0.39 is 0 Å². The molecule has 146 valence electrons. The predicted molar refractivity (Wildman–Crippen MR) is 112 cm³/mol. The Morgan fingerprint density at radius 2 is 1.89 bits per heavy atom. The van der Waals surface area contributed by atoms with Crippen molar-refractivity contribution < 1.29 is 9.53 Å². The molecule has 0 radical (unpaired) electrons. The number of ether oxygens (including phenoxy) is 1. The number of aromatic nitrogens is 2. The number of rotatable bonds is 4. The quantitative estimate of drug-likeness (QED) is 0.729. The number of morpholine rings is 1. The zero-order valence-electron chi connectivity index (χ0n) is 16.4. The number of hydrogen-bond donors (Lipinski definition) is 1. The largest absolute Gasteiger partial charge is 0.378 e. The maximum Gasteiger partial charge on any atom is 0.262 e. The third-order valence-electron chi connectivity index (χ3n) is 5.05. The van der Waals surface area contributed by atoms with Gasteiger partial charge in [0.1, 0.15) is 16.5 Å². The summed E-state index contributed by atoms with van der Waals surface area (Å²) in [6, 6.07) is 9.92. The first kappa shape index (κ1) is 18.8. The lowest BCUT2D eigenvalue weighted by molar-refractivity contribution is 0.0943. The van der Waals surface area contributed by atoms with Crippen molar-refractivity contribution in [1.82, 2.24) is 15.3 Å². The van der Waals surface area contributed by atoms with Crippen LogP contribution in [0, 0.1) is 13.8 Å². The second-order valence-corrected chi connectivity index (χ2v) is 8.04. The molecule has 7 heteroatoms. The van der Waals surface area contributed by atoms with Gasteiger partial charge in [-0.2, -0.15) is 0 Å². The van der Waals surface area contributed by atoms with Crippen LogP contribution in [-0.4, -0.2) is 42.2 Å². The van der Waals surface area contributed by atoms with Gasteiger partial charge < -0.3 is 15.0 Å². The molecule has 0 saturated carbocycles. The number of anilines is 1. The van der Waals surface area contributed by atoms with E-state index in [9.17, 15) is 4.79 Å². The fourth-order valence-corrected chi connectivity index (χ4v) is 4.65. The Morgan fingerprint density at radius 3 is 2.61 bits per heavy atom. The molecule has 1 aliphatic rings. The summed E-state index contributed by atoms with van der Waals surface area (Å²) < 4.78 is 5.48. The lowest BCUT2D eigenvalue weighted by atomic mass is 10.1. The van der Waals surface area contributed by atoms with Crippen LogP contribution in [0.25, 0.3) is 10.2 Å². The molecule has 2 aromatic heterocycles. The van der Waals surface area contributed by atoms with Crippen LogP contribution in [-0.2, 0) is 4.74 Å². The lowest BCUT2D eigenvalue weighted by Crippen LogP contribution is -2.37. The van der Waals surface area contributed by atoms with Gasteiger partial charge in [-0.05, 0) is 31.9 Å². The van der Waals surface area contributed by atoms with Gasteiger partial charge in [0.05, 0.1) is 29.5 Å². The van der Waals surface area contributed by atoms with Crippen molar-refractivity contribution in [1.29, 1.82) is 0 Å². The van der Waals surface area contributed by atoms with Crippen LogP contribution in [0.5, 0.6) is 0 Å². The van der Waals surface area contributed by atoms with Gasteiger partial charge in [0, 0.05) is 13.1 Å². The van der Waals surface area contributed by atoms with Crippen molar-refractivity contribution in [3.05, 3.63) is 52.2 Å². The van der Waals surface area contributed by atoms with Crippen LogP contribution in [0.1, 0.15) is 39.6 Å². The van der Waals surface area contributed by atoms with Gasteiger partial charge in [-0.3, -0.25) is 4.79 Å². The van der Waals surface area contributed by atoms with Gasteiger partial charge in [0.25, 0.3) is 5.91 Å². The molecule has 4 rings (SSSR count). The number of nitrogens with one attached hydrogen (secondary N) is 1. The van der Waals surface area contributed by atoms with Gasteiger partial charge in [0.2, 0.25) is 0 Å². The molecule has 1 aliphatic heterocycles. The fourth-order valence-electron chi connectivity index (χ4n) is 3.53. The Balaban J connectivity index is 1.68. The number of carbonyl (C=O) groups excluding carboxylic acids is 1. The Bertz CT molecular complexity index is 997. The van der Waals surface area contributed by atoms with Gasteiger partial charge in [-0.25, -0.2) is 9.97 Å². The second-order valence-electron chi connectivity index (χ2n) is 7.04. The minimum absolute atomic E-state index is 0.0650. The molecular weight excluding hydrogens is 372 g/mol. The molecule has 1 amide bonds. The Kier molecular flexibility index (Phi) is 5.28. The van der Waals surface area contributed by atoms with Crippen LogP contribution >= 0.6 is 11.3 Å². The van der Waals surface area contributed by atoms with E-state index in [1.807, 2.05) is 51.1 Å². The summed E-state index contributed by atoms with van der Waals surface area (Å²) in [6.45, 7) is 8.87. The fraction of sp³-hybridized carbons (Fsp3) is 0.381. The van der Waals surface area contributed by atoms with Gasteiger partial charge in [0.15, 0.2) is 0 Å². The number of benzene rings is 1. The van der Waals surface area contributed by atoms with Gasteiger partial charge >= 0.3 is 0 Å². The first-order valence-corrected chi connectivity index (χ1v) is 10.3. The monoisotopic (exact) mass is 396 g/mol. The SMILES string of the molecule is Cc1nc(N2CCOCC2)c2c(C)c(C(=O)N[C@H](C)c3ccccc3)sc2n1. The summed E-state index contributed by atoms with van der Waals surface area (Å²) in [4.78, 5) is 26.1. The first-order valence-electron chi connectivity index (χ1n) is 9.51. The van der Waals surface area contributed by atoms with E-state index in [0.29, 0.717) is 18.1 Å². The molecule has 0 unspecified atom stereocenters. The average molecular weight is 397 g/mol. The van der Waals surface area contributed by atoms with E-state index in [1.165, 1.54) is 11.3 Å². The minimum Gasteiger partial charge on any atom is -0.378 e. The van der Waals surface area contributed by atoms with E-state index in [2.05, 4.69) is 15.2 Å². The molecule has 0 spiro atoms. The molecule has 6 nitrogen and oxygen atoms in total. The van der Waals surface area contributed by atoms with E-state index in [1.54, 1.807) is 0 Å². The maximum absolute atomic E-state index is 13.0.